The highest BCUT2D eigenvalue weighted by atomic mass is 16.7. The fourth-order valence-corrected chi connectivity index (χ4v) is 2.61. The zero-order chi connectivity index (χ0) is 21.0. The van der Waals surface area contributed by atoms with E-state index in [4.69, 9.17) is 10.2 Å². The Morgan fingerprint density at radius 2 is 1.43 bits per heavy atom. The first kappa shape index (κ1) is 19.8. The number of rotatable bonds is 4. The summed E-state index contributed by atoms with van der Waals surface area (Å²) in [6, 6.07) is 6.96. The zero-order valence-corrected chi connectivity index (χ0v) is 14.1. The topological polar surface area (TPSA) is 178 Å². The van der Waals surface area contributed by atoms with Crippen LogP contribution < -0.4 is 9.47 Å². The summed E-state index contributed by atoms with van der Waals surface area (Å²) in [7, 11) is 0. The second-order valence-electron chi connectivity index (χ2n) is 5.14. The number of carboxylic acid groups (broad SMARTS) is 3. The van der Waals surface area contributed by atoms with Crippen molar-refractivity contribution in [3.63, 3.8) is 0 Å². The molecule has 0 amide bonds. The van der Waals surface area contributed by atoms with Gasteiger partial charge in [0.2, 0.25) is 0 Å². The van der Waals surface area contributed by atoms with Crippen molar-refractivity contribution in [3.8, 4) is 23.6 Å². The van der Waals surface area contributed by atoms with Crippen molar-refractivity contribution in [2.75, 3.05) is 0 Å². The molecule has 0 fully saturated rings. The van der Waals surface area contributed by atoms with Gasteiger partial charge in [0.1, 0.15) is 23.3 Å². The first-order valence-electron chi connectivity index (χ1n) is 7.40. The highest BCUT2D eigenvalue weighted by molar-refractivity contribution is 6.16. The molecule has 10 heteroatoms. The first-order valence-corrected chi connectivity index (χ1v) is 7.40. The highest BCUT2D eigenvalue weighted by Crippen LogP contribution is 2.41. The molecule has 0 heterocycles. The maximum Gasteiger partial charge on any atom is 0.511 e. The predicted molar refractivity (Wildman–Crippen MR) is 92.0 cm³/mol. The second-order valence-corrected chi connectivity index (χ2v) is 5.14. The molecule has 0 unspecified atom stereocenters. The van der Waals surface area contributed by atoms with E-state index >= 15 is 0 Å². The van der Waals surface area contributed by atoms with Crippen LogP contribution >= 0.6 is 0 Å². The van der Waals surface area contributed by atoms with Crippen molar-refractivity contribution in [1.82, 2.24) is 0 Å². The summed E-state index contributed by atoms with van der Waals surface area (Å²) in [6.07, 6.45) is -2.26. The number of fused-ring (bicyclic) bond motifs is 1. The van der Waals surface area contributed by atoms with E-state index in [0.717, 1.165) is 0 Å². The molecule has 0 spiro atoms. The highest BCUT2D eigenvalue weighted by Gasteiger charge is 2.26. The van der Waals surface area contributed by atoms with E-state index in [0.29, 0.717) is 0 Å². The van der Waals surface area contributed by atoms with Crippen molar-refractivity contribution < 1.29 is 39.2 Å². The average Bonchev–Trinajstić information content (AvgIpc) is 2.62. The number of allylic oxidation sites excluding steroid dienone is 1. The molecule has 2 rings (SSSR count). The standard InChI is InChI=1S/C18H10N2O8/c1-2-9(16(21)22)8-3-4-10-11(5-8)15(28-18(25)26)13(7-20)12(6-19)14(10)27-17(23)24/h2-5H,1H3,(H,21,22)(H,23,24)(H,25,26)/b9-2+. The van der Waals surface area contributed by atoms with Gasteiger partial charge in [-0.3, -0.25) is 0 Å². The molecule has 2 aromatic rings. The third-order valence-electron chi connectivity index (χ3n) is 3.65. The summed E-state index contributed by atoms with van der Waals surface area (Å²) >= 11 is 0. The molecule has 0 aliphatic heterocycles. The van der Waals surface area contributed by atoms with Crippen LogP contribution in [-0.4, -0.2) is 33.6 Å². The fraction of sp³-hybridized carbons (Fsp3) is 0.0556. The van der Waals surface area contributed by atoms with Gasteiger partial charge in [-0.15, -0.1) is 0 Å². The van der Waals surface area contributed by atoms with Crippen LogP contribution in [0.1, 0.15) is 23.6 Å². The number of hydrogen-bond acceptors (Lipinski definition) is 7. The van der Waals surface area contributed by atoms with E-state index in [2.05, 4.69) is 9.47 Å². The molecule has 10 nitrogen and oxygen atoms in total. The maximum absolute atomic E-state index is 11.4. The van der Waals surface area contributed by atoms with Gasteiger partial charge in [0.15, 0.2) is 11.5 Å². The van der Waals surface area contributed by atoms with E-state index in [1.54, 1.807) is 12.1 Å². The van der Waals surface area contributed by atoms with Crippen molar-refractivity contribution in [3.05, 3.63) is 41.0 Å². The SMILES string of the molecule is C/C=C(/C(=O)O)c1ccc2c(OC(=O)O)c(C#N)c(C#N)c(OC(=O)O)c2c1. The van der Waals surface area contributed by atoms with Crippen molar-refractivity contribution in [1.29, 1.82) is 10.5 Å². The summed E-state index contributed by atoms with van der Waals surface area (Å²) in [5.41, 5.74) is -1.10. The number of benzene rings is 2. The molecule has 0 saturated heterocycles. The van der Waals surface area contributed by atoms with Gasteiger partial charge in [0, 0.05) is 10.8 Å². The Morgan fingerprint density at radius 3 is 1.82 bits per heavy atom. The fourth-order valence-electron chi connectivity index (χ4n) is 2.61. The number of nitrogens with zero attached hydrogens (tertiary/aromatic N) is 2. The molecule has 2 aromatic carbocycles. The Kier molecular flexibility index (Phi) is 5.47. The van der Waals surface area contributed by atoms with Crippen LogP contribution in [0.4, 0.5) is 9.59 Å². The van der Waals surface area contributed by atoms with Crippen molar-refractivity contribution in [2.24, 2.45) is 0 Å². The molecule has 0 aromatic heterocycles. The van der Waals surface area contributed by atoms with Gasteiger partial charge in [-0.25, -0.2) is 14.4 Å². The molecular formula is C18H10N2O8. The van der Waals surface area contributed by atoms with Crippen molar-refractivity contribution >= 4 is 34.6 Å². The van der Waals surface area contributed by atoms with Gasteiger partial charge in [-0.1, -0.05) is 12.1 Å². The van der Waals surface area contributed by atoms with Gasteiger partial charge in [0.05, 0.1) is 5.57 Å². The lowest BCUT2D eigenvalue weighted by atomic mass is 9.95. The number of aliphatic carboxylic acids is 1. The summed E-state index contributed by atoms with van der Waals surface area (Å²) in [6.45, 7) is 1.47. The molecule has 140 valence electrons. The zero-order valence-electron chi connectivity index (χ0n) is 14.1. The summed E-state index contributed by atoms with van der Waals surface area (Å²) in [5.74, 6) is -2.30. The lowest BCUT2D eigenvalue weighted by Crippen LogP contribution is -2.10. The lowest BCUT2D eigenvalue weighted by molar-refractivity contribution is -0.130. The molecule has 0 saturated carbocycles. The average molecular weight is 382 g/mol. The van der Waals surface area contributed by atoms with Gasteiger partial charge in [-0.05, 0) is 24.6 Å². The van der Waals surface area contributed by atoms with E-state index in [1.165, 1.54) is 31.2 Å². The summed E-state index contributed by atoms with van der Waals surface area (Å²) < 4.78 is 9.29. The smallest absolute Gasteiger partial charge is 0.478 e. The molecule has 0 radical (unpaired) electrons. The van der Waals surface area contributed by atoms with Crippen LogP contribution in [0.2, 0.25) is 0 Å². The molecular weight excluding hydrogens is 372 g/mol. The third-order valence-corrected chi connectivity index (χ3v) is 3.65. The third kappa shape index (κ3) is 3.52. The van der Waals surface area contributed by atoms with Crippen LogP contribution in [0, 0.1) is 22.7 Å². The molecule has 0 aliphatic carbocycles. The Bertz CT molecular complexity index is 1140. The minimum Gasteiger partial charge on any atom is -0.478 e. The Morgan fingerprint density at radius 1 is 0.929 bits per heavy atom. The Balaban J connectivity index is 3.05. The van der Waals surface area contributed by atoms with Crippen LogP contribution in [0.5, 0.6) is 11.5 Å². The number of carbonyl (C=O) groups is 3. The van der Waals surface area contributed by atoms with Crippen LogP contribution in [-0.2, 0) is 4.79 Å². The second kappa shape index (κ2) is 7.76. The van der Waals surface area contributed by atoms with Crippen LogP contribution in [0.15, 0.2) is 24.3 Å². The van der Waals surface area contributed by atoms with Gasteiger partial charge < -0.3 is 24.8 Å². The molecule has 0 atom stereocenters. The minimum absolute atomic E-state index is 0.0567. The molecule has 3 N–H and O–H groups in total. The van der Waals surface area contributed by atoms with Crippen LogP contribution in [0.25, 0.3) is 16.3 Å². The normalized spacial score (nSPS) is 10.6. The molecule has 0 aliphatic rings. The quantitative estimate of drug-likeness (QED) is 0.404. The van der Waals surface area contributed by atoms with E-state index in [-0.39, 0.29) is 21.9 Å². The lowest BCUT2D eigenvalue weighted by Gasteiger charge is -2.14. The van der Waals surface area contributed by atoms with Gasteiger partial charge in [0.25, 0.3) is 0 Å². The summed E-state index contributed by atoms with van der Waals surface area (Å²) in [5, 5.41) is 45.8. The minimum atomic E-state index is -1.79. The van der Waals surface area contributed by atoms with Gasteiger partial charge >= 0.3 is 18.3 Å². The van der Waals surface area contributed by atoms with Crippen LogP contribution in [0.3, 0.4) is 0 Å². The largest absolute Gasteiger partial charge is 0.511 e. The van der Waals surface area contributed by atoms with E-state index < -0.39 is 40.9 Å². The van der Waals surface area contributed by atoms with Gasteiger partial charge in [-0.2, -0.15) is 10.5 Å². The number of nitriles is 2. The van der Waals surface area contributed by atoms with E-state index in [1.807, 2.05) is 0 Å². The summed E-state index contributed by atoms with van der Waals surface area (Å²) in [4.78, 5) is 33.5. The first-order chi connectivity index (χ1) is 13.2. The number of hydrogen-bond donors (Lipinski definition) is 3. The number of ether oxygens (including phenoxy) is 2. The van der Waals surface area contributed by atoms with E-state index in [9.17, 15) is 30.0 Å². The Labute approximate surface area is 156 Å². The predicted octanol–water partition coefficient (Wildman–Crippen LogP) is 3.18. The van der Waals surface area contributed by atoms with Crippen molar-refractivity contribution in [2.45, 2.75) is 6.92 Å². The maximum atomic E-state index is 11.4. The monoisotopic (exact) mass is 382 g/mol. The molecule has 0 bridgehead atoms. The Hall–Kier alpha value is -4.57. The number of carboxylic acids is 1. The molecule has 28 heavy (non-hydrogen) atoms.